The smallest absolute Gasteiger partial charge is 0.335 e. The molecule has 0 unspecified atom stereocenters. The van der Waals surface area contributed by atoms with Crippen LogP contribution in [-0.2, 0) is 11.2 Å². The minimum Gasteiger partial charge on any atom is -0.478 e. The van der Waals surface area contributed by atoms with Crippen LogP contribution < -0.4 is 10.6 Å². The Hall–Kier alpha value is -3.52. The van der Waals surface area contributed by atoms with Crippen molar-refractivity contribution in [2.24, 2.45) is 0 Å². The number of carboxylic acids is 1. The highest BCUT2D eigenvalue weighted by Crippen LogP contribution is 2.32. The van der Waals surface area contributed by atoms with Crippen LogP contribution >= 0.6 is 11.3 Å². The van der Waals surface area contributed by atoms with Crippen molar-refractivity contribution in [3.8, 4) is 10.7 Å². The number of aromatic nitrogens is 2. The van der Waals surface area contributed by atoms with Crippen LogP contribution in [0.5, 0.6) is 0 Å². The number of nitrogens with one attached hydrogen (secondary N) is 2. The summed E-state index contributed by atoms with van der Waals surface area (Å²) >= 11 is 1.39. The molecule has 0 aliphatic heterocycles. The summed E-state index contributed by atoms with van der Waals surface area (Å²) in [6.07, 6.45) is 2.37. The van der Waals surface area contributed by atoms with Gasteiger partial charge in [-0.2, -0.15) is 0 Å². The van der Waals surface area contributed by atoms with Crippen molar-refractivity contribution in [3.05, 3.63) is 65.9 Å². The van der Waals surface area contributed by atoms with Gasteiger partial charge in [-0.05, 0) is 49.7 Å². The summed E-state index contributed by atoms with van der Waals surface area (Å²) in [6, 6.07) is 10.1. The second-order valence-electron chi connectivity index (χ2n) is 6.31. The third-order valence-electron chi connectivity index (χ3n) is 4.08. The molecule has 8 heteroatoms. The molecule has 1 aromatic carbocycles. The third kappa shape index (κ3) is 4.85. The number of thiophene rings is 1. The Kier molecular flexibility index (Phi) is 6.04. The molecule has 0 fully saturated rings. The monoisotopic (exact) mass is 408 g/mol. The number of hydrogen-bond donors (Lipinski definition) is 3. The molecule has 3 rings (SSSR count). The van der Waals surface area contributed by atoms with Crippen molar-refractivity contribution >= 4 is 39.7 Å². The summed E-state index contributed by atoms with van der Waals surface area (Å²) in [4.78, 5) is 32.4. The molecule has 2 heterocycles. The molecule has 3 aromatic rings. The Morgan fingerprint density at radius 1 is 1.17 bits per heavy atom. The predicted molar refractivity (Wildman–Crippen MR) is 115 cm³/mol. The highest BCUT2D eigenvalue weighted by Gasteiger charge is 2.14. The first-order valence-corrected chi connectivity index (χ1v) is 9.65. The summed E-state index contributed by atoms with van der Waals surface area (Å²) in [7, 11) is 0. The molecule has 1 amide bonds. The molecule has 7 nitrogen and oxygen atoms in total. The predicted octanol–water partition coefficient (Wildman–Crippen LogP) is 4.64. The van der Waals surface area contributed by atoms with Crippen molar-refractivity contribution in [2.45, 2.75) is 20.3 Å². The van der Waals surface area contributed by atoms with Gasteiger partial charge in [0, 0.05) is 23.9 Å². The van der Waals surface area contributed by atoms with Gasteiger partial charge in [0.05, 0.1) is 15.4 Å². The minimum atomic E-state index is -0.975. The van der Waals surface area contributed by atoms with Gasteiger partial charge in [-0.3, -0.25) is 4.79 Å². The van der Waals surface area contributed by atoms with Gasteiger partial charge in [0.2, 0.25) is 5.91 Å². The molecule has 2 aromatic heterocycles. The van der Waals surface area contributed by atoms with Crippen molar-refractivity contribution in [1.29, 1.82) is 0 Å². The fourth-order valence-corrected chi connectivity index (χ4v) is 3.62. The number of nitrogens with zero attached hydrogens (tertiary/aromatic N) is 2. The first-order chi connectivity index (χ1) is 13.9. The number of amides is 1. The molecule has 0 radical (unpaired) electrons. The van der Waals surface area contributed by atoms with E-state index in [1.165, 1.54) is 30.4 Å². The topological polar surface area (TPSA) is 104 Å². The number of hydrogen-bond acceptors (Lipinski definition) is 6. The summed E-state index contributed by atoms with van der Waals surface area (Å²) in [6.45, 7) is 7.17. The number of carbonyl (C=O) groups is 2. The van der Waals surface area contributed by atoms with Gasteiger partial charge < -0.3 is 15.7 Å². The second kappa shape index (κ2) is 8.66. The van der Waals surface area contributed by atoms with E-state index in [-0.39, 0.29) is 11.5 Å². The maximum absolute atomic E-state index is 11.3. The average molecular weight is 408 g/mol. The van der Waals surface area contributed by atoms with E-state index in [1.807, 2.05) is 19.1 Å². The van der Waals surface area contributed by atoms with Crippen LogP contribution in [0.25, 0.3) is 10.7 Å². The Morgan fingerprint density at radius 2 is 1.90 bits per heavy atom. The van der Waals surface area contributed by atoms with Crippen LogP contribution in [0.3, 0.4) is 0 Å². The maximum Gasteiger partial charge on any atom is 0.335 e. The molecule has 3 N–H and O–H groups in total. The van der Waals surface area contributed by atoms with Gasteiger partial charge in [0.25, 0.3) is 0 Å². The summed E-state index contributed by atoms with van der Waals surface area (Å²) < 4.78 is 0. The fraction of sp³-hybridized carbons (Fsp3) is 0.143. The summed E-state index contributed by atoms with van der Waals surface area (Å²) in [5.74, 6) is 0.0623. The summed E-state index contributed by atoms with van der Waals surface area (Å²) in [5.41, 5.74) is 2.65. The van der Waals surface area contributed by atoms with Crippen LogP contribution in [0.2, 0.25) is 0 Å². The first-order valence-electron chi connectivity index (χ1n) is 8.84. The molecular formula is C21H20N4O3S. The van der Waals surface area contributed by atoms with E-state index < -0.39 is 5.97 Å². The number of benzene rings is 1. The van der Waals surface area contributed by atoms with Crippen LogP contribution in [0, 0.1) is 6.92 Å². The fourth-order valence-electron chi connectivity index (χ4n) is 2.73. The lowest BCUT2D eigenvalue weighted by Gasteiger charge is -2.14. The number of carbonyl (C=O) groups excluding carboxylic acids is 1. The Morgan fingerprint density at radius 3 is 2.52 bits per heavy atom. The second-order valence-corrected chi connectivity index (χ2v) is 7.39. The molecule has 148 valence electrons. The number of allylic oxidation sites excluding steroid dienone is 1. The third-order valence-corrected chi connectivity index (χ3v) is 5.08. The van der Waals surface area contributed by atoms with E-state index in [0.717, 1.165) is 26.8 Å². The Balaban J connectivity index is 1.97. The average Bonchev–Trinajstić information content (AvgIpc) is 3.12. The zero-order valence-corrected chi connectivity index (χ0v) is 16.8. The van der Waals surface area contributed by atoms with E-state index in [9.17, 15) is 9.59 Å². The van der Waals surface area contributed by atoms with E-state index in [0.29, 0.717) is 18.1 Å². The number of aromatic carboxylic acids is 1. The summed E-state index contributed by atoms with van der Waals surface area (Å²) in [5, 5.41) is 15.8. The van der Waals surface area contributed by atoms with Crippen LogP contribution in [0.15, 0.2) is 49.1 Å². The van der Waals surface area contributed by atoms with Crippen molar-refractivity contribution in [1.82, 2.24) is 9.97 Å². The minimum absolute atomic E-state index is 0.135. The number of aryl methyl sites for hydroxylation is 1. The van der Waals surface area contributed by atoms with E-state index >= 15 is 0 Å². The lowest BCUT2D eigenvalue weighted by atomic mass is 10.1. The largest absolute Gasteiger partial charge is 0.478 e. The molecule has 0 aliphatic carbocycles. The molecule has 0 atom stereocenters. The lowest BCUT2D eigenvalue weighted by Crippen LogP contribution is -2.05. The standard InChI is InChI=1S/C21H20N4O3S/c1-4-5-16-12(2)22-20(17-10-11-18(29-17)23-13(3)26)25-19(16)24-15-8-6-14(7-9-15)21(27)28/h4,6-11H,1,5H2,2-3H3,(H,23,26)(H,27,28)(H,22,24,25). The molecule has 0 aliphatic rings. The van der Waals surface area contributed by atoms with Crippen LogP contribution in [0.4, 0.5) is 16.5 Å². The van der Waals surface area contributed by atoms with Crippen molar-refractivity contribution < 1.29 is 14.7 Å². The normalized spacial score (nSPS) is 10.4. The van der Waals surface area contributed by atoms with E-state index in [4.69, 9.17) is 5.11 Å². The van der Waals surface area contributed by atoms with Gasteiger partial charge >= 0.3 is 5.97 Å². The number of anilines is 3. The van der Waals surface area contributed by atoms with Crippen molar-refractivity contribution in [2.75, 3.05) is 10.6 Å². The molecule has 29 heavy (non-hydrogen) atoms. The number of carboxylic acid groups (broad SMARTS) is 1. The van der Waals surface area contributed by atoms with Crippen molar-refractivity contribution in [3.63, 3.8) is 0 Å². The lowest BCUT2D eigenvalue weighted by molar-refractivity contribution is -0.114. The molecule has 0 saturated carbocycles. The Bertz CT molecular complexity index is 1070. The highest BCUT2D eigenvalue weighted by molar-refractivity contribution is 7.19. The Labute approximate surface area is 172 Å². The number of rotatable bonds is 7. The molecular weight excluding hydrogens is 388 g/mol. The first kappa shape index (κ1) is 20.2. The molecule has 0 spiro atoms. The van der Waals surface area contributed by atoms with E-state index in [2.05, 4.69) is 27.2 Å². The van der Waals surface area contributed by atoms with Crippen LogP contribution in [-0.4, -0.2) is 27.0 Å². The van der Waals surface area contributed by atoms with E-state index in [1.54, 1.807) is 18.2 Å². The van der Waals surface area contributed by atoms with Gasteiger partial charge in [0.15, 0.2) is 5.82 Å². The van der Waals surface area contributed by atoms with Gasteiger partial charge in [-0.25, -0.2) is 14.8 Å². The van der Waals surface area contributed by atoms with Gasteiger partial charge in [-0.15, -0.1) is 17.9 Å². The highest BCUT2D eigenvalue weighted by atomic mass is 32.1. The van der Waals surface area contributed by atoms with Crippen LogP contribution in [0.1, 0.15) is 28.5 Å². The van der Waals surface area contributed by atoms with Gasteiger partial charge in [0.1, 0.15) is 5.82 Å². The van der Waals surface area contributed by atoms with Gasteiger partial charge in [-0.1, -0.05) is 6.08 Å². The quantitative estimate of drug-likeness (QED) is 0.492. The zero-order valence-electron chi connectivity index (χ0n) is 16.0. The molecule has 0 bridgehead atoms. The zero-order chi connectivity index (χ0) is 21.0. The molecule has 0 saturated heterocycles. The SMILES string of the molecule is C=CCc1c(C)nc(-c2ccc(NC(C)=O)s2)nc1Nc1ccc(C(=O)O)cc1. The maximum atomic E-state index is 11.3.